The number of aryl methyl sites for hydroxylation is 1. The Balaban J connectivity index is 3.13. The molecule has 0 saturated heterocycles. The molecule has 118 valence electrons. The minimum Gasteiger partial charge on any atom is -0.377 e. The molecule has 8 heteroatoms. The Hall–Kier alpha value is -1.18. The molecule has 1 aromatic rings. The lowest BCUT2D eigenvalue weighted by Gasteiger charge is -2.23. The van der Waals surface area contributed by atoms with Crippen LogP contribution < -0.4 is 5.32 Å². The molecule has 5 nitrogen and oxygen atoms in total. The molecule has 0 unspecified atom stereocenters. The first-order chi connectivity index (χ1) is 9.48. The van der Waals surface area contributed by atoms with Gasteiger partial charge in [0.05, 0.1) is 16.1 Å². The summed E-state index contributed by atoms with van der Waals surface area (Å²) in [4.78, 5) is 11.7. The third-order valence-electron chi connectivity index (χ3n) is 2.98. The van der Waals surface area contributed by atoms with Crippen LogP contribution >= 0.6 is 10.7 Å². The molecule has 0 radical (unpaired) electrons. The highest BCUT2D eigenvalue weighted by atomic mass is 35.7. The number of ether oxygens (including phenoxy) is 1. The molecule has 0 bridgehead atoms. The van der Waals surface area contributed by atoms with Crippen molar-refractivity contribution < 1.29 is 22.3 Å². The van der Waals surface area contributed by atoms with E-state index in [0.717, 1.165) is 12.1 Å². The summed E-state index contributed by atoms with van der Waals surface area (Å²) in [6.07, 6.45) is 0. The van der Waals surface area contributed by atoms with Gasteiger partial charge < -0.3 is 10.1 Å². The Morgan fingerprint density at radius 3 is 2.48 bits per heavy atom. The van der Waals surface area contributed by atoms with Gasteiger partial charge in [-0.3, -0.25) is 4.79 Å². The molecule has 0 heterocycles. The van der Waals surface area contributed by atoms with Crippen LogP contribution in [0.2, 0.25) is 0 Å². The van der Waals surface area contributed by atoms with E-state index in [1.807, 2.05) is 0 Å². The van der Waals surface area contributed by atoms with Crippen LogP contribution in [0, 0.1) is 12.7 Å². The van der Waals surface area contributed by atoms with E-state index >= 15 is 0 Å². The highest BCUT2D eigenvalue weighted by Gasteiger charge is 2.22. The van der Waals surface area contributed by atoms with Crippen LogP contribution in [0.1, 0.15) is 29.8 Å². The molecule has 0 aliphatic carbocycles. The standard InChI is InChI=1S/C13H17ClFNO4S/c1-8-5-9(21(14,18)19)6-10(11(8)15)12(17)16-7-13(2,3)20-4/h5-6H,7H2,1-4H3,(H,16,17). The van der Waals surface area contributed by atoms with E-state index in [0.29, 0.717) is 0 Å². The van der Waals surface area contributed by atoms with Crippen LogP contribution in [0.25, 0.3) is 0 Å². The van der Waals surface area contributed by atoms with Crippen molar-refractivity contribution in [2.75, 3.05) is 13.7 Å². The van der Waals surface area contributed by atoms with E-state index in [2.05, 4.69) is 5.32 Å². The first kappa shape index (κ1) is 17.9. The molecule has 1 rings (SSSR count). The van der Waals surface area contributed by atoms with Crippen molar-refractivity contribution in [1.82, 2.24) is 5.32 Å². The van der Waals surface area contributed by atoms with Gasteiger partial charge in [0.15, 0.2) is 0 Å². The summed E-state index contributed by atoms with van der Waals surface area (Å²) < 4.78 is 41.8. The molecular formula is C13H17ClFNO4S. The van der Waals surface area contributed by atoms with Gasteiger partial charge in [-0.1, -0.05) is 0 Å². The van der Waals surface area contributed by atoms with Crippen molar-refractivity contribution in [2.45, 2.75) is 31.3 Å². The zero-order valence-corrected chi connectivity index (χ0v) is 13.7. The van der Waals surface area contributed by atoms with Crippen molar-refractivity contribution in [3.63, 3.8) is 0 Å². The van der Waals surface area contributed by atoms with Gasteiger partial charge in [-0.15, -0.1) is 0 Å². The number of nitrogens with one attached hydrogen (secondary N) is 1. The third-order valence-corrected chi connectivity index (χ3v) is 4.31. The fourth-order valence-corrected chi connectivity index (χ4v) is 2.35. The number of methoxy groups -OCH3 is 1. The Labute approximate surface area is 127 Å². The Kier molecular flexibility index (Phi) is 5.35. The minimum atomic E-state index is -4.05. The zero-order chi connectivity index (χ0) is 16.4. The van der Waals surface area contributed by atoms with Gasteiger partial charge in [0.25, 0.3) is 15.0 Å². The summed E-state index contributed by atoms with van der Waals surface area (Å²) in [6, 6.07) is 1.99. The zero-order valence-electron chi connectivity index (χ0n) is 12.2. The quantitative estimate of drug-likeness (QED) is 0.836. The average Bonchev–Trinajstić information content (AvgIpc) is 2.38. The first-order valence-electron chi connectivity index (χ1n) is 6.06. The van der Waals surface area contributed by atoms with E-state index in [4.69, 9.17) is 15.4 Å². The maximum Gasteiger partial charge on any atom is 0.261 e. The highest BCUT2D eigenvalue weighted by Crippen LogP contribution is 2.22. The molecule has 0 fully saturated rings. The predicted molar refractivity (Wildman–Crippen MR) is 77.6 cm³/mol. The van der Waals surface area contributed by atoms with Crippen LogP contribution in [0.3, 0.4) is 0 Å². The largest absolute Gasteiger partial charge is 0.377 e. The van der Waals surface area contributed by atoms with Gasteiger partial charge in [0.2, 0.25) is 0 Å². The normalized spacial score (nSPS) is 12.3. The molecule has 0 saturated carbocycles. The lowest BCUT2D eigenvalue weighted by atomic mass is 10.1. The maximum atomic E-state index is 14.0. The van der Waals surface area contributed by atoms with E-state index in [1.165, 1.54) is 14.0 Å². The molecule has 1 aromatic carbocycles. The lowest BCUT2D eigenvalue weighted by molar-refractivity contribution is 0.0228. The number of hydrogen-bond acceptors (Lipinski definition) is 4. The van der Waals surface area contributed by atoms with Gasteiger partial charge >= 0.3 is 0 Å². The van der Waals surface area contributed by atoms with Crippen LogP contribution in [-0.4, -0.2) is 33.6 Å². The highest BCUT2D eigenvalue weighted by molar-refractivity contribution is 8.13. The van der Waals surface area contributed by atoms with E-state index < -0.39 is 26.4 Å². The Bertz CT molecular complexity index is 658. The van der Waals surface area contributed by atoms with Crippen LogP contribution in [-0.2, 0) is 13.8 Å². The lowest BCUT2D eigenvalue weighted by Crippen LogP contribution is -2.40. The maximum absolute atomic E-state index is 14.0. The Morgan fingerprint density at radius 1 is 1.43 bits per heavy atom. The van der Waals surface area contributed by atoms with Gasteiger partial charge in [-0.2, -0.15) is 0 Å². The van der Waals surface area contributed by atoms with Gasteiger partial charge in [-0.05, 0) is 38.5 Å². The topological polar surface area (TPSA) is 72.5 Å². The van der Waals surface area contributed by atoms with Crippen molar-refractivity contribution in [2.24, 2.45) is 0 Å². The van der Waals surface area contributed by atoms with Crippen molar-refractivity contribution in [3.8, 4) is 0 Å². The summed E-state index contributed by atoms with van der Waals surface area (Å²) in [5.41, 5.74) is -0.980. The van der Waals surface area contributed by atoms with Gasteiger partial charge in [0, 0.05) is 24.3 Å². The molecule has 1 amide bonds. The van der Waals surface area contributed by atoms with Gasteiger partial charge in [-0.25, -0.2) is 12.8 Å². The molecule has 0 aromatic heterocycles. The van der Waals surface area contributed by atoms with Crippen molar-refractivity contribution in [1.29, 1.82) is 0 Å². The Morgan fingerprint density at radius 2 is 2.00 bits per heavy atom. The smallest absolute Gasteiger partial charge is 0.261 e. The fraction of sp³-hybridized carbons (Fsp3) is 0.462. The molecule has 0 atom stereocenters. The summed E-state index contributed by atoms with van der Waals surface area (Å²) in [7, 11) is 2.67. The number of halogens is 2. The van der Waals surface area contributed by atoms with Gasteiger partial charge in [0.1, 0.15) is 5.82 Å². The third kappa shape index (κ3) is 4.66. The van der Waals surface area contributed by atoms with E-state index in [1.54, 1.807) is 13.8 Å². The van der Waals surface area contributed by atoms with Crippen molar-refractivity contribution in [3.05, 3.63) is 29.1 Å². The average molecular weight is 338 g/mol. The molecule has 0 aliphatic rings. The summed E-state index contributed by atoms with van der Waals surface area (Å²) in [5.74, 6) is -1.52. The fourth-order valence-electron chi connectivity index (χ4n) is 1.50. The second-order valence-corrected chi connectivity index (χ2v) is 7.75. The van der Waals surface area contributed by atoms with E-state index in [-0.39, 0.29) is 22.6 Å². The number of carbonyl (C=O) groups excluding carboxylic acids is 1. The molecule has 0 aliphatic heterocycles. The molecule has 0 spiro atoms. The van der Waals surface area contributed by atoms with Crippen LogP contribution in [0.15, 0.2) is 17.0 Å². The predicted octanol–water partition coefficient (Wildman–Crippen LogP) is 2.22. The molecule has 1 N–H and O–H groups in total. The van der Waals surface area contributed by atoms with Crippen molar-refractivity contribution >= 4 is 25.6 Å². The van der Waals surface area contributed by atoms with E-state index in [9.17, 15) is 17.6 Å². The number of amides is 1. The summed E-state index contributed by atoms with van der Waals surface area (Å²) in [6.45, 7) is 4.98. The second-order valence-electron chi connectivity index (χ2n) is 5.19. The number of rotatable bonds is 5. The van der Waals surface area contributed by atoms with Crippen LogP contribution in [0.5, 0.6) is 0 Å². The number of carbonyl (C=O) groups is 1. The summed E-state index contributed by atoms with van der Waals surface area (Å²) >= 11 is 0. The second kappa shape index (κ2) is 6.29. The SMILES string of the molecule is COC(C)(C)CNC(=O)c1cc(S(=O)(=O)Cl)cc(C)c1F. The minimum absolute atomic E-state index is 0.0212. The first-order valence-corrected chi connectivity index (χ1v) is 8.37. The molecular weight excluding hydrogens is 321 g/mol. The summed E-state index contributed by atoms with van der Waals surface area (Å²) in [5, 5.41) is 2.50. The molecule has 21 heavy (non-hydrogen) atoms. The number of hydrogen-bond donors (Lipinski definition) is 1. The van der Waals surface area contributed by atoms with Crippen LogP contribution in [0.4, 0.5) is 4.39 Å². The monoisotopic (exact) mass is 337 g/mol. The number of benzene rings is 1.